The highest BCUT2D eigenvalue weighted by molar-refractivity contribution is 5.91. The van der Waals surface area contributed by atoms with Gasteiger partial charge in [-0.1, -0.05) is 38.7 Å². The quantitative estimate of drug-likeness (QED) is 0.865. The molecule has 1 saturated carbocycles. The molecule has 2 rings (SSSR count). The monoisotopic (exact) mass is 246 g/mol. The van der Waals surface area contributed by atoms with Gasteiger partial charge in [-0.25, -0.2) is 4.98 Å². The standard InChI is InChI=1S/C15H22N2O/c1-12-7-3-2-4-8-13(11-12)15(18)17-14-9-5-6-10-16-14/h5-6,9-10,12-13H,2-4,7-8,11H2,1H3,(H,16,17,18). The number of carbonyl (C=O) groups is 1. The molecule has 1 aromatic rings. The van der Waals surface area contributed by atoms with Crippen molar-refractivity contribution in [2.75, 3.05) is 5.32 Å². The van der Waals surface area contributed by atoms with Gasteiger partial charge in [0.1, 0.15) is 5.82 Å². The second-order valence-corrected chi connectivity index (χ2v) is 5.38. The SMILES string of the molecule is CC1CCCCCC(C(=O)Nc2ccccn2)C1. The minimum absolute atomic E-state index is 0.141. The molecule has 1 aromatic heterocycles. The van der Waals surface area contributed by atoms with Gasteiger partial charge >= 0.3 is 0 Å². The van der Waals surface area contributed by atoms with E-state index in [0.717, 1.165) is 12.8 Å². The summed E-state index contributed by atoms with van der Waals surface area (Å²) in [6, 6.07) is 5.58. The average molecular weight is 246 g/mol. The summed E-state index contributed by atoms with van der Waals surface area (Å²) in [6.45, 7) is 2.26. The van der Waals surface area contributed by atoms with Gasteiger partial charge in [-0.2, -0.15) is 0 Å². The van der Waals surface area contributed by atoms with Crippen LogP contribution in [0, 0.1) is 11.8 Å². The van der Waals surface area contributed by atoms with Crippen molar-refractivity contribution in [1.29, 1.82) is 0 Å². The van der Waals surface area contributed by atoms with Crippen molar-refractivity contribution >= 4 is 11.7 Å². The van der Waals surface area contributed by atoms with E-state index in [1.165, 1.54) is 25.7 Å². The van der Waals surface area contributed by atoms with Gasteiger partial charge in [0.15, 0.2) is 0 Å². The summed E-state index contributed by atoms with van der Waals surface area (Å²) in [5.41, 5.74) is 0. The molecular formula is C15H22N2O. The summed E-state index contributed by atoms with van der Waals surface area (Å²) in [6.07, 6.45) is 8.74. The van der Waals surface area contributed by atoms with E-state index >= 15 is 0 Å². The van der Waals surface area contributed by atoms with E-state index in [0.29, 0.717) is 11.7 Å². The Morgan fingerprint density at radius 3 is 2.89 bits per heavy atom. The topological polar surface area (TPSA) is 42.0 Å². The normalized spacial score (nSPS) is 24.9. The number of hydrogen-bond donors (Lipinski definition) is 1. The van der Waals surface area contributed by atoms with E-state index in [1.54, 1.807) is 6.20 Å². The Balaban J connectivity index is 1.94. The van der Waals surface area contributed by atoms with Crippen molar-refractivity contribution in [1.82, 2.24) is 4.98 Å². The average Bonchev–Trinajstić information content (AvgIpc) is 2.34. The number of anilines is 1. The summed E-state index contributed by atoms with van der Waals surface area (Å²) in [7, 11) is 0. The second kappa shape index (κ2) is 6.53. The van der Waals surface area contributed by atoms with Gasteiger partial charge in [-0.15, -0.1) is 0 Å². The number of nitrogens with zero attached hydrogens (tertiary/aromatic N) is 1. The first-order valence-corrected chi connectivity index (χ1v) is 6.97. The molecule has 1 N–H and O–H groups in total. The Morgan fingerprint density at radius 2 is 2.11 bits per heavy atom. The lowest BCUT2D eigenvalue weighted by Crippen LogP contribution is -2.26. The molecule has 2 atom stereocenters. The van der Waals surface area contributed by atoms with Crippen molar-refractivity contribution in [2.24, 2.45) is 11.8 Å². The Morgan fingerprint density at radius 1 is 1.28 bits per heavy atom. The van der Waals surface area contributed by atoms with Crippen LogP contribution in [0.1, 0.15) is 45.4 Å². The molecule has 1 aliphatic carbocycles. The fraction of sp³-hybridized carbons (Fsp3) is 0.600. The molecule has 0 bridgehead atoms. The summed E-state index contributed by atoms with van der Waals surface area (Å²) < 4.78 is 0. The molecule has 2 unspecified atom stereocenters. The van der Waals surface area contributed by atoms with Crippen molar-refractivity contribution < 1.29 is 4.79 Å². The Labute approximate surface area is 109 Å². The van der Waals surface area contributed by atoms with Gasteiger partial charge in [0.2, 0.25) is 5.91 Å². The third-order valence-electron chi connectivity index (χ3n) is 3.72. The molecule has 18 heavy (non-hydrogen) atoms. The van der Waals surface area contributed by atoms with Crippen LogP contribution in [0.15, 0.2) is 24.4 Å². The van der Waals surface area contributed by atoms with Crippen LogP contribution in [-0.2, 0) is 4.79 Å². The largest absolute Gasteiger partial charge is 0.310 e. The maximum atomic E-state index is 12.2. The van der Waals surface area contributed by atoms with E-state index < -0.39 is 0 Å². The van der Waals surface area contributed by atoms with Crippen LogP contribution in [0.3, 0.4) is 0 Å². The molecule has 0 spiro atoms. The number of carbonyl (C=O) groups excluding carboxylic acids is 1. The lowest BCUT2D eigenvalue weighted by molar-refractivity contribution is -0.120. The molecule has 1 amide bonds. The summed E-state index contributed by atoms with van der Waals surface area (Å²) in [5.74, 6) is 1.62. The van der Waals surface area contributed by atoms with Crippen molar-refractivity contribution in [2.45, 2.75) is 45.4 Å². The van der Waals surface area contributed by atoms with Crippen LogP contribution >= 0.6 is 0 Å². The number of nitrogens with one attached hydrogen (secondary N) is 1. The van der Waals surface area contributed by atoms with E-state index in [9.17, 15) is 4.79 Å². The highest BCUT2D eigenvalue weighted by Gasteiger charge is 2.22. The third-order valence-corrected chi connectivity index (χ3v) is 3.72. The van der Waals surface area contributed by atoms with E-state index in [1.807, 2.05) is 18.2 Å². The van der Waals surface area contributed by atoms with Gasteiger partial charge in [0.25, 0.3) is 0 Å². The van der Waals surface area contributed by atoms with E-state index in [-0.39, 0.29) is 11.8 Å². The third kappa shape index (κ3) is 3.83. The minimum Gasteiger partial charge on any atom is -0.310 e. The van der Waals surface area contributed by atoms with Crippen molar-refractivity contribution in [3.63, 3.8) is 0 Å². The Kier molecular flexibility index (Phi) is 4.73. The summed E-state index contributed by atoms with van der Waals surface area (Å²) in [4.78, 5) is 16.4. The van der Waals surface area contributed by atoms with E-state index in [2.05, 4.69) is 17.2 Å². The van der Waals surface area contributed by atoms with Crippen LogP contribution in [0.5, 0.6) is 0 Å². The molecule has 0 aromatic carbocycles. The fourth-order valence-corrected chi connectivity index (χ4v) is 2.68. The van der Waals surface area contributed by atoms with Gasteiger partial charge < -0.3 is 5.32 Å². The molecule has 3 nitrogen and oxygen atoms in total. The molecule has 1 aliphatic rings. The number of rotatable bonds is 2. The summed E-state index contributed by atoms with van der Waals surface area (Å²) in [5, 5.41) is 2.93. The van der Waals surface area contributed by atoms with E-state index in [4.69, 9.17) is 0 Å². The molecule has 1 heterocycles. The van der Waals surface area contributed by atoms with Gasteiger partial charge in [0.05, 0.1) is 0 Å². The van der Waals surface area contributed by atoms with Crippen molar-refractivity contribution in [3.05, 3.63) is 24.4 Å². The number of hydrogen-bond acceptors (Lipinski definition) is 2. The fourth-order valence-electron chi connectivity index (χ4n) is 2.68. The number of pyridine rings is 1. The number of amides is 1. The summed E-state index contributed by atoms with van der Waals surface area (Å²) >= 11 is 0. The predicted molar refractivity (Wildman–Crippen MR) is 73.2 cm³/mol. The van der Waals surface area contributed by atoms with Gasteiger partial charge in [-0.05, 0) is 30.9 Å². The van der Waals surface area contributed by atoms with Gasteiger partial charge in [0, 0.05) is 12.1 Å². The van der Waals surface area contributed by atoms with Crippen LogP contribution in [0.4, 0.5) is 5.82 Å². The molecular weight excluding hydrogens is 224 g/mol. The van der Waals surface area contributed by atoms with Crippen LogP contribution in [-0.4, -0.2) is 10.9 Å². The van der Waals surface area contributed by atoms with Gasteiger partial charge in [-0.3, -0.25) is 4.79 Å². The molecule has 3 heteroatoms. The lowest BCUT2D eigenvalue weighted by Gasteiger charge is -2.23. The van der Waals surface area contributed by atoms with Crippen LogP contribution in [0.2, 0.25) is 0 Å². The minimum atomic E-state index is 0.141. The lowest BCUT2D eigenvalue weighted by atomic mass is 9.85. The maximum absolute atomic E-state index is 12.2. The van der Waals surface area contributed by atoms with Crippen LogP contribution in [0.25, 0.3) is 0 Å². The molecule has 1 fully saturated rings. The second-order valence-electron chi connectivity index (χ2n) is 5.38. The zero-order valence-electron chi connectivity index (χ0n) is 11.1. The smallest absolute Gasteiger partial charge is 0.228 e. The molecule has 98 valence electrons. The molecule has 0 saturated heterocycles. The zero-order chi connectivity index (χ0) is 12.8. The number of aromatic nitrogens is 1. The first-order valence-electron chi connectivity index (χ1n) is 6.97. The Hall–Kier alpha value is -1.38. The highest BCUT2D eigenvalue weighted by atomic mass is 16.1. The highest BCUT2D eigenvalue weighted by Crippen LogP contribution is 2.27. The first-order chi connectivity index (χ1) is 8.75. The maximum Gasteiger partial charge on any atom is 0.228 e. The van der Waals surface area contributed by atoms with Crippen molar-refractivity contribution in [3.8, 4) is 0 Å². The Bertz CT molecular complexity index is 377. The zero-order valence-corrected chi connectivity index (χ0v) is 11.1. The first kappa shape index (κ1) is 13.1. The predicted octanol–water partition coefficient (Wildman–Crippen LogP) is 3.63. The van der Waals surface area contributed by atoms with Crippen LogP contribution < -0.4 is 5.32 Å². The molecule has 0 radical (unpaired) electrons. The molecule has 0 aliphatic heterocycles.